The van der Waals surface area contributed by atoms with Gasteiger partial charge in [0.25, 0.3) is 0 Å². The summed E-state index contributed by atoms with van der Waals surface area (Å²) in [4.78, 5) is 4.24. The molecule has 0 aliphatic carbocycles. The summed E-state index contributed by atoms with van der Waals surface area (Å²) in [6.45, 7) is 5.36. The maximum Gasteiger partial charge on any atom is 0.0361 e. The van der Waals surface area contributed by atoms with Crippen molar-refractivity contribution in [2.24, 2.45) is 11.5 Å². The first kappa shape index (κ1) is 25.9. The number of nitrogens with zero attached hydrogens (tertiary/aromatic N) is 2. The summed E-state index contributed by atoms with van der Waals surface area (Å²) in [6.07, 6.45) is 2.07. The van der Waals surface area contributed by atoms with E-state index in [0.29, 0.717) is 0 Å². The number of nitrogens with one attached hydrogen (secondary N) is 2. The van der Waals surface area contributed by atoms with Gasteiger partial charge >= 0.3 is 0 Å². The lowest BCUT2D eigenvalue weighted by molar-refractivity contribution is 0.595. The summed E-state index contributed by atoms with van der Waals surface area (Å²) in [7, 11) is 8.27. The molecule has 6 nitrogen and oxygen atoms in total. The van der Waals surface area contributed by atoms with Gasteiger partial charge in [-0.25, -0.2) is 0 Å². The summed E-state index contributed by atoms with van der Waals surface area (Å²) in [6, 6.07) is 17.4. The molecule has 30 heavy (non-hydrogen) atoms. The van der Waals surface area contributed by atoms with Crippen LogP contribution in [0, 0.1) is 0 Å². The van der Waals surface area contributed by atoms with Gasteiger partial charge in [-0.3, -0.25) is 0 Å². The number of hydrogen-bond acceptors (Lipinski definition) is 6. The first-order chi connectivity index (χ1) is 14.5. The molecular weight excluding hydrogens is 372 g/mol. The lowest BCUT2D eigenvalue weighted by Gasteiger charge is -2.13. The number of nitrogens with two attached hydrogens (primary N) is 2. The van der Waals surface area contributed by atoms with E-state index in [1.165, 1.54) is 22.5 Å². The largest absolute Gasteiger partial charge is 0.378 e. The molecule has 0 radical (unpaired) electrons. The zero-order valence-corrected chi connectivity index (χ0v) is 19.3. The molecule has 168 valence electrons. The van der Waals surface area contributed by atoms with Crippen molar-refractivity contribution in [1.29, 1.82) is 0 Å². The third kappa shape index (κ3) is 11.2. The average Bonchev–Trinajstić information content (AvgIpc) is 2.74. The van der Waals surface area contributed by atoms with Crippen molar-refractivity contribution in [2.45, 2.75) is 25.9 Å². The van der Waals surface area contributed by atoms with Crippen molar-refractivity contribution in [3.8, 4) is 0 Å². The molecule has 0 unspecified atom stereocenters. The van der Waals surface area contributed by atoms with Gasteiger partial charge in [-0.15, -0.1) is 0 Å². The molecule has 0 fully saturated rings. The van der Waals surface area contributed by atoms with Crippen LogP contribution in [0.2, 0.25) is 0 Å². The molecule has 0 aromatic heterocycles. The number of rotatable bonds is 12. The van der Waals surface area contributed by atoms with Crippen LogP contribution in [-0.4, -0.2) is 54.4 Å². The van der Waals surface area contributed by atoms with Crippen LogP contribution < -0.4 is 31.9 Å². The molecular formula is C24H42N6. The summed E-state index contributed by atoms with van der Waals surface area (Å²) in [5.41, 5.74) is 15.3. The van der Waals surface area contributed by atoms with Crippen LogP contribution in [0.1, 0.15) is 24.0 Å². The fourth-order valence-electron chi connectivity index (χ4n) is 2.75. The Morgan fingerprint density at radius 3 is 1.23 bits per heavy atom. The Balaban J connectivity index is 0.000000804. The fraction of sp³-hybridized carbons (Fsp3) is 0.500. The minimum absolute atomic E-state index is 0.719. The van der Waals surface area contributed by atoms with E-state index in [2.05, 4.69) is 97.2 Å². The standard InChI is InChI=1S/C21H32N4.C3H10N2/c1-24(2)20-10-6-18(7-11-20)16-22-14-5-15-23-17-19-8-12-21(13-9-19)25(3)4;4-2-1-3-5/h6-13,22-23H,5,14-17H2,1-4H3;1-5H2. The average molecular weight is 415 g/mol. The van der Waals surface area contributed by atoms with E-state index < -0.39 is 0 Å². The quantitative estimate of drug-likeness (QED) is 0.399. The lowest BCUT2D eigenvalue weighted by Crippen LogP contribution is -2.21. The Hall–Kier alpha value is -2.12. The van der Waals surface area contributed by atoms with Crippen molar-refractivity contribution in [1.82, 2.24) is 10.6 Å². The van der Waals surface area contributed by atoms with Gasteiger partial charge in [0, 0.05) is 52.7 Å². The molecule has 0 aliphatic rings. The zero-order chi connectivity index (χ0) is 22.2. The van der Waals surface area contributed by atoms with Crippen LogP contribution >= 0.6 is 0 Å². The van der Waals surface area contributed by atoms with Gasteiger partial charge in [-0.2, -0.15) is 0 Å². The van der Waals surface area contributed by atoms with Gasteiger partial charge in [0.05, 0.1) is 0 Å². The molecule has 0 saturated heterocycles. The summed E-state index contributed by atoms with van der Waals surface area (Å²) < 4.78 is 0. The van der Waals surface area contributed by atoms with Crippen LogP contribution in [0.15, 0.2) is 48.5 Å². The second-order valence-corrected chi connectivity index (χ2v) is 7.76. The van der Waals surface area contributed by atoms with Crippen LogP contribution in [0.3, 0.4) is 0 Å². The Morgan fingerprint density at radius 1 is 0.600 bits per heavy atom. The highest BCUT2D eigenvalue weighted by Gasteiger charge is 1.98. The zero-order valence-electron chi connectivity index (χ0n) is 19.3. The van der Waals surface area contributed by atoms with Crippen molar-refractivity contribution in [3.63, 3.8) is 0 Å². The number of benzene rings is 2. The van der Waals surface area contributed by atoms with Gasteiger partial charge in [0.1, 0.15) is 0 Å². The molecule has 6 N–H and O–H groups in total. The van der Waals surface area contributed by atoms with Gasteiger partial charge < -0.3 is 31.9 Å². The van der Waals surface area contributed by atoms with E-state index in [9.17, 15) is 0 Å². The van der Waals surface area contributed by atoms with E-state index in [-0.39, 0.29) is 0 Å². The van der Waals surface area contributed by atoms with E-state index in [1.54, 1.807) is 0 Å². The maximum absolute atomic E-state index is 5.06. The second kappa shape index (κ2) is 15.7. The smallest absolute Gasteiger partial charge is 0.0361 e. The first-order valence-electron chi connectivity index (χ1n) is 10.8. The van der Waals surface area contributed by atoms with Crippen molar-refractivity contribution in [3.05, 3.63) is 59.7 Å². The van der Waals surface area contributed by atoms with Crippen molar-refractivity contribution < 1.29 is 0 Å². The molecule has 2 aromatic carbocycles. The molecule has 0 spiro atoms. The Kier molecular flexibility index (Phi) is 13.5. The molecule has 0 aliphatic heterocycles. The van der Waals surface area contributed by atoms with Crippen molar-refractivity contribution >= 4 is 11.4 Å². The minimum Gasteiger partial charge on any atom is -0.378 e. The van der Waals surface area contributed by atoms with Crippen LogP contribution in [0.4, 0.5) is 11.4 Å². The van der Waals surface area contributed by atoms with E-state index in [4.69, 9.17) is 11.5 Å². The van der Waals surface area contributed by atoms with E-state index >= 15 is 0 Å². The molecule has 0 amide bonds. The molecule has 6 heteroatoms. The number of hydrogen-bond donors (Lipinski definition) is 4. The fourth-order valence-corrected chi connectivity index (χ4v) is 2.75. The van der Waals surface area contributed by atoms with Crippen LogP contribution in [-0.2, 0) is 13.1 Å². The second-order valence-electron chi connectivity index (χ2n) is 7.76. The first-order valence-corrected chi connectivity index (χ1v) is 10.8. The van der Waals surface area contributed by atoms with Gasteiger partial charge in [0.2, 0.25) is 0 Å². The topological polar surface area (TPSA) is 82.6 Å². The predicted octanol–water partition coefficient (Wildman–Crippen LogP) is 2.38. The van der Waals surface area contributed by atoms with Crippen LogP contribution in [0.25, 0.3) is 0 Å². The number of anilines is 2. The van der Waals surface area contributed by atoms with E-state index in [0.717, 1.165) is 52.1 Å². The van der Waals surface area contributed by atoms with E-state index in [1.807, 2.05) is 0 Å². The lowest BCUT2D eigenvalue weighted by atomic mass is 10.2. The molecule has 0 atom stereocenters. The molecule has 0 heterocycles. The third-order valence-electron chi connectivity index (χ3n) is 4.68. The maximum atomic E-state index is 5.06. The normalized spacial score (nSPS) is 10.3. The third-order valence-corrected chi connectivity index (χ3v) is 4.68. The van der Waals surface area contributed by atoms with Crippen molar-refractivity contribution in [2.75, 3.05) is 64.2 Å². The minimum atomic E-state index is 0.719. The molecule has 0 bridgehead atoms. The van der Waals surface area contributed by atoms with Gasteiger partial charge in [-0.1, -0.05) is 24.3 Å². The van der Waals surface area contributed by atoms with Gasteiger partial charge in [0.15, 0.2) is 0 Å². The van der Waals surface area contributed by atoms with Gasteiger partial charge in [-0.05, 0) is 74.4 Å². The molecule has 0 saturated carbocycles. The predicted molar refractivity (Wildman–Crippen MR) is 132 cm³/mol. The molecule has 2 rings (SSSR count). The summed E-state index contributed by atoms with van der Waals surface area (Å²) in [5.74, 6) is 0. The SMILES string of the molecule is CN(C)c1ccc(CNCCCNCc2ccc(N(C)C)cc2)cc1.NCCCN. The summed E-state index contributed by atoms with van der Waals surface area (Å²) in [5, 5.41) is 7.02. The Labute approximate surface area is 183 Å². The molecule has 2 aromatic rings. The monoisotopic (exact) mass is 414 g/mol. The summed E-state index contributed by atoms with van der Waals surface area (Å²) >= 11 is 0. The van der Waals surface area contributed by atoms with Crippen LogP contribution in [0.5, 0.6) is 0 Å². The highest BCUT2D eigenvalue weighted by atomic mass is 15.1. The highest BCUT2D eigenvalue weighted by molar-refractivity contribution is 5.46. The Bertz CT molecular complexity index is 595. The highest BCUT2D eigenvalue weighted by Crippen LogP contribution is 2.12. The Morgan fingerprint density at radius 2 is 0.967 bits per heavy atom.